The Morgan fingerprint density at radius 2 is 0.841 bits per heavy atom. The van der Waals surface area contributed by atoms with Gasteiger partial charge in [0, 0.05) is 37.4 Å². The van der Waals surface area contributed by atoms with Gasteiger partial charge in [-0.1, -0.05) is 175 Å². The van der Waals surface area contributed by atoms with Crippen molar-refractivity contribution >= 4 is 50.6 Å². The van der Waals surface area contributed by atoms with Gasteiger partial charge in [-0.05, 0) is 128 Å². The summed E-state index contributed by atoms with van der Waals surface area (Å²) in [5.74, 6) is 0. The largest absolute Gasteiger partial charge is 0.309 e. The summed E-state index contributed by atoms with van der Waals surface area (Å²) in [6, 6.07) is 74.2. The summed E-state index contributed by atoms with van der Waals surface area (Å²) >= 11 is 1.78. The van der Waals surface area contributed by atoms with Crippen LogP contribution in [0.1, 0.15) is 63.8 Å². The van der Waals surface area contributed by atoms with Gasteiger partial charge in [0.25, 0.3) is 0 Å². The number of fused-ring (bicyclic) bond motifs is 5. The molecule has 0 amide bonds. The van der Waals surface area contributed by atoms with E-state index in [0.717, 1.165) is 88.1 Å². The van der Waals surface area contributed by atoms with Crippen molar-refractivity contribution in [2.45, 2.75) is 62.2 Å². The molecule has 0 radical (unpaired) electrons. The van der Waals surface area contributed by atoms with Gasteiger partial charge in [0.05, 0.1) is 51.4 Å². The molecule has 1 aliphatic rings. The van der Waals surface area contributed by atoms with E-state index in [1.165, 1.54) is 21.9 Å². The Balaban J connectivity index is 1.32. The first kappa shape index (κ1) is 43.5. The average molecular weight is 907 g/mol. The molecular formula is C64H50N4S. The lowest BCUT2D eigenvalue weighted by molar-refractivity contribution is 0.591. The fourth-order valence-corrected chi connectivity index (χ4v) is 10.9. The Bertz CT molecular complexity index is 3500. The van der Waals surface area contributed by atoms with Crippen molar-refractivity contribution in [1.82, 2.24) is 4.57 Å². The summed E-state index contributed by atoms with van der Waals surface area (Å²) < 4.78 is 2.45. The molecule has 1 aliphatic heterocycles. The van der Waals surface area contributed by atoms with Crippen LogP contribution in [0.25, 0.3) is 72.0 Å². The number of nitrogens with zero attached hydrogens (tertiary/aromatic N) is 4. The third kappa shape index (κ3) is 7.86. The lowest BCUT2D eigenvalue weighted by Crippen LogP contribution is -2.18. The number of hydrogen-bond donors (Lipinski definition) is 0. The highest BCUT2D eigenvalue weighted by Gasteiger charge is 2.32. The Morgan fingerprint density at radius 1 is 0.406 bits per heavy atom. The standard InChI is InChI=1S/C64H50N4S/c1-63(2,3)49-25-27-52-53-28-26-50(64(4,5)6)36-57(53)67(56(52)35-49)51-37-54(47-21-13-15-41(31-47)39-65)62(55(38-51)48-22-14-16-42(32-48)40-66)68-58-33-45(43-17-9-7-10-18-43)23-29-60(58)69-61-30-24-46(34-59(61)68)44-19-11-8-12-20-44/h7-38H,1-6H3. The van der Waals surface area contributed by atoms with Crippen molar-refractivity contribution < 1.29 is 0 Å². The lowest BCUT2D eigenvalue weighted by atomic mass is 9.86. The zero-order chi connectivity index (χ0) is 47.6. The van der Waals surface area contributed by atoms with Gasteiger partial charge in [-0.2, -0.15) is 10.5 Å². The summed E-state index contributed by atoms with van der Waals surface area (Å²) in [6.07, 6.45) is 0. The number of benzene rings is 9. The molecule has 1 aromatic heterocycles. The molecule has 5 heteroatoms. The first-order valence-electron chi connectivity index (χ1n) is 23.5. The highest BCUT2D eigenvalue weighted by Crippen LogP contribution is 2.57. The van der Waals surface area contributed by atoms with Gasteiger partial charge in [0.2, 0.25) is 0 Å². The molecule has 0 N–H and O–H groups in total. The summed E-state index contributed by atoms with van der Waals surface area (Å²) in [4.78, 5) is 4.70. The fraction of sp³-hybridized carbons (Fsp3) is 0.125. The third-order valence-corrected chi connectivity index (χ3v) is 14.6. The molecule has 2 heterocycles. The van der Waals surface area contributed by atoms with E-state index >= 15 is 0 Å². The van der Waals surface area contributed by atoms with Gasteiger partial charge < -0.3 is 9.47 Å². The molecule has 0 aliphatic carbocycles. The van der Waals surface area contributed by atoms with Crippen LogP contribution in [0.4, 0.5) is 17.1 Å². The maximum atomic E-state index is 10.5. The van der Waals surface area contributed by atoms with Gasteiger partial charge >= 0.3 is 0 Å². The normalized spacial score (nSPS) is 12.4. The molecule has 4 nitrogen and oxygen atoms in total. The van der Waals surface area contributed by atoms with Crippen LogP contribution in [0.3, 0.4) is 0 Å². The quantitative estimate of drug-likeness (QED) is 0.167. The van der Waals surface area contributed by atoms with E-state index < -0.39 is 0 Å². The predicted octanol–water partition coefficient (Wildman–Crippen LogP) is 17.7. The Morgan fingerprint density at radius 3 is 1.26 bits per heavy atom. The topological polar surface area (TPSA) is 55.8 Å². The molecule has 11 rings (SSSR count). The van der Waals surface area contributed by atoms with E-state index in [2.05, 4.69) is 221 Å². The van der Waals surface area contributed by atoms with Crippen LogP contribution in [-0.4, -0.2) is 4.57 Å². The second-order valence-electron chi connectivity index (χ2n) is 20.1. The van der Waals surface area contributed by atoms with Gasteiger partial charge in [-0.25, -0.2) is 0 Å². The van der Waals surface area contributed by atoms with Crippen molar-refractivity contribution in [3.8, 4) is 62.3 Å². The van der Waals surface area contributed by atoms with Gasteiger partial charge in [0.15, 0.2) is 0 Å². The van der Waals surface area contributed by atoms with Crippen LogP contribution in [0.15, 0.2) is 204 Å². The zero-order valence-corrected chi connectivity index (χ0v) is 40.5. The number of anilines is 3. The Kier molecular flexibility index (Phi) is 10.7. The van der Waals surface area contributed by atoms with E-state index in [4.69, 9.17) is 0 Å². The molecule has 0 spiro atoms. The van der Waals surface area contributed by atoms with Crippen molar-refractivity contribution in [2.24, 2.45) is 0 Å². The van der Waals surface area contributed by atoms with Gasteiger partial charge in [-0.3, -0.25) is 0 Å². The molecule has 69 heavy (non-hydrogen) atoms. The second-order valence-corrected chi connectivity index (χ2v) is 21.2. The molecule has 9 aromatic carbocycles. The maximum Gasteiger partial charge on any atom is 0.0991 e. The maximum absolute atomic E-state index is 10.5. The minimum atomic E-state index is -0.0913. The molecule has 0 atom stereocenters. The number of rotatable bonds is 6. The minimum Gasteiger partial charge on any atom is -0.309 e. The third-order valence-electron chi connectivity index (χ3n) is 13.5. The zero-order valence-electron chi connectivity index (χ0n) is 39.7. The molecule has 0 saturated carbocycles. The molecule has 0 unspecified atom stereocenters. The number of hydrogen-bond acceptors (Lipinski definition) is 4. The van der Waals surface area contributed by atoms with Crippen LogP contribution < -0.4 is 4.90 Å². The number of aromatic nitrogens is 1. The van der Waals surface area contributed by atoms with E-state index in [1.54, 1.807) is 11.8 Å². The minimum absolute atomic E-state index is 0.0913. The first-order valence-corrected chi connectivity index (χ1v) is 24.3. The van der Waals surface area contributed by atoms with E-state index in [0.29, 0.717) is 11.1 Å². The summed E-state index contributed by atoms with van der Waals surface area (Å²) in [5, 5.41) is 23.3. The van der Waals surface area contributed by atoms with Crippen molar-refractivity contribution in [3.63, 3.8) is 0 Å². The van der Waals surface area contributed by atoms with Crippen molar-refractivity contribution in [2.75, 3.05) is 4.90 Å². The summed E-state index contributed by atoms with van der Waals surface area (Å²) in [6.45, 7) is 13.6. The van der Waals surface area contributed by atoms with Crippen LogP contribution in [-0.2, 0) is 10.8 Å². The predicted molar refractivity (Wildman–Crippen MR) is 288 cm³/mol. The molecular weight excluding hydrogens is 857 g/mol. The van der Waals surface area contributed by atoms with E-state index in [1.807, 2.05) is 36.4 Å². The van der Waals surface area contributed by atoms with Gasteiger partial charge in [-0.15, -0.1) is 0 Å². The van der Waals surface area contributed by atoms with Crippen molar-refractivity contribution in [1.29, 1.82) is 10.5 Å². The van der Waals surface area contributed by atoms with Crippen LogP contribution >= 0.6 is 11.8 Å². The SMILES string of the molecule is CC(C)(C)c1ccc2c3ccc(C(C)(C)C)cc3n(-c3cc(-c4cccc(C#N)c4)c(N4c5cc(-c6ccccc6)ccc5Sc5ccc(-c6ccccc6)cc54)c(-c4cccc(C#N)c4)c3)c2c1. The van der Waals surface area contributed by atoms with Crippen LogP contribution in [0, 0.1) is 22.7 Å². The average Bonchev–Trinajstić information content (AvgIpc) is 3.70. The Labute approximate surface area is 409 Å². The molecule has 10 aromatic rings. The smallest absolute Gasteiger partial charge is 0.0991 e. The van der Waals surface area contributed by atoms with E-state index in [-0.39, 0.29) is 10.8 Å². The van der Waals surface area contributed by atoms with Crippen LogP contribution in [0.2, 0.25) is 0 Å². The molecule has 0 bridgehead atoms. The van der Waals surface area contributed by atoms with Gasteiger partial charge in [0.1, 0.15) is 0 Å². The van der Waals surface area contributed by atoms with Crippen molar-refractivity contribution in [3.05, 3.63) is 216 Å². The van der Waals surface area contributed by atoms with Crippen LogP contribution in [0.5, 0.6) is 0 Å². The molecule has 332 valence electrons. The molecule has 0 saturated heterocycles. The van der Waals surface area contributed by atoms with E-state index in [9.17, 15) is 10.5 Å². The fourth-order valence-electron chi connectivity index (χ4n) is 9.84. The second kappa shape index (κ2) is 16.9. The highest BCUT2D eigenvalue weighted by molar-refractivity contribution is 7.99. The Hall–Kier alpha value is -8.09. The first-order chi connectivity index (χ1) is 33.4. The molecule has 0 fully saturated rings. The lowest BCUT2D eigenvalue weighted by Gasteiger charge is -2.37. The number of nitriles is 2. The summed E-state index contributed by atoms with van der Waals surface area (Å²) in [5.41, 5.74) is 17.9. The highest BCUT2D eigenvalue weighted by atomic mass is 32.2. The monoisotopic (exact) mass is 906 g/mol. The summed E-state index contributed by atoms with van der Waals surface area (Å²) in [7, 11) is 0.